The van der Waals surface area contributed by atoms with Crippen LogP contribution in [0.4, 0.5) is 14.5 Å². The lowest BCUT2D eigenvalue weighted by Gasteiger charge is -2.43. The molecule has 5 rings (SSSR count). The number of carbonyl (C=O) groups is 1. The summed E-state index contributed by atoms with van der Waals surface area (Å²) in [5.74, 6) is -4.15. The zero-order valence-corrected chi connectivity index (χ0v) is 21.2. The van der Waals surface area contributed by atoms with Crippen molar-refractivity contribution in [1.29, 1.82) is 0 Å². The van der Waals surface area contributed by atoms with Crippen molar-refractivity contribution in [2.75, 3.05) is 5.32 Å². The molecule has 0 spiro atoms. The molecular weight excluding hydrogens is 544 g/mol. The lowest BCUT2D eigenvalue weighted by molar-refractivity contribution is -0.132. The highest BCUT2D eigenvalue weighted by Gasteiger charge is 2.57. The van der Waals surface area contributed by atoms with Crippen LogP contribution in [0.15, 0.2) is 63.1 Å². The lowest BCUT2D eigenvalue weighted by atomic mass is 9.80. The van der Waals surface area contributed by atoms with E-state index in [2.05, 4.69) is 10.3 Å². The van der Waals surface area contributed by atoms with Crippen molar-refractivity contribution in [2.24, 2.45) is 11.8 Å². The second-order valence-electron chi connectivity index (χ2n) is 9.60. The highest BCUT2D eigenvalue weighted by Crippen LogP contribution is 2.54. The van der Waals surface area contributed by atoms with E-state index >= 15 is 0 Å². The number of aromatic amines is 1. The molecule has 3 N–H and O–H groups in total. The standard InChI is InChI=1S/C25H22ClF2N3O6S/c26-18-5-1-13(23(33)29-16-4-6-19(27)20(28)12-16)9-21(18)38(36,37)17-10-14-2-3-15(11-17)25(14,35)31-8-7-22(32)30-24(31)34/h1,4-9,12,14-15,17,35H,2-3,10-11H2,(H,29,33)(H,30,32,34). The number of hydrogen-bond donors (Lipinski definition) is 3. The van der Waals surface area contributed by atoms with Gasteiger partial charge in [-0.1, -0.05) is 11.6 Å². The molecule has 2 aliphatic rings. The topological polar surface area (TPSA) is 138 Å². The number of fused-ring (bicyclic) bond motifs is 2. The van der Waals surface area contributed by atoms with Crippen LogP contribution in [-0.2, 0) is 15.6 Å². The number of hydrogen-bond acceptors (Lipinski definition) is 6. The van der Waals surface area contributed by atoms with E-state index in [1.54, 1.807) is 0 Å². The Morgan fingerprint density at radius 2 is 1.74 bits per heavy atom. The number of halogens is 3. The van der Waals surface area contributed by atoms with Gasteiger partial charge in [-0.15, -0.1) is 0 Å². The van der Waals surface area contributed by atoms with Gasteiger partial charge in [-0.2, -0.15) is 0 Å². The maximum absolute atomic E-state index is 13.7. The number of carbonyl (C=O) groups excluding carboxylic acids is 1. The Kier molecular flexibility index (Phi) is 6.52. The lowest BCUT2D eigenvalue weighted by Crippen LogP contribution is -2.54. The number of sulfone groups is 1. The van der Waals surface area contributed by atoms with Gasteiger partial charge in [0.15, 0.2) is 27.2 Å². The molecule has 2 saturated carbocycles. The number of aromatic nitrogens is 2. The van der Waals surface area contributed by atoms with Crippen LogP contribution < -0.4 is 16.6 Å². The molecule has 2 fully saturated rings. The van der Waals surface area contributed by atoms with Crippen LogP contribution in [0.25, 0.3) is 0 Å². The second kappa shape index (κ2) is 9.44. The number of anilines is 1. The first-order valence-electron chi connectivity index (χ1n) is 11.8. The Morgan fingerprint density at radius 3 is 2.37 bits per heavy atom. The van der Waals surface area contributed by atoms with E-state index in [1.165, 1.54) is 18.3 Å². The van der Waals surface area contributed by atoms with E-state index in [-0.39, 0.29) is 34.0 Å². The third kappa shape index (κ3) is 4.36. The first-order valence-corrected chi connectivity index (χ1v) is 13.7. The summed E-state index contributed by atoms with van der Waals surface area (Å²) in [5, 5.41) is 12.9. The Labute approximate surface area is 220 Å². The molecule has 3 aromatic rings. The Morgan fingerprint density at radius 1 is 1.05 bits per heavy atom. The molecule has 0 radical (unpaired) electrons. The van der Waals surface area contributed by atoms with Crippen LogP contribution in [0.3, 0.4) is 0 Å². The fraction of sp³-hybridized carbons (Fsp3) is 0.320. The van der Waals surface area contributed by atoms with E-state index in [4.69, 9.17) is 11.6 Å². The largest absolute Gasteiger partial charge is 0.370 e. The summed E-state index contributed by atoms with van der Waals surface area (Å²) in [6, 6.07) is 7.64. The van der Waals surface area contributed by atoms with Gasteiger partial charge < -0.3 is 10.4 Å². The molecule has 2 aromatic carbocycles. The van der Waals surface area contributed by atoms with Crippen LogP contribution in [-0.4, -0.2) is 34.2 Å². The van der Waals surface area contributed by atoms with Crippen molar-refractivity contribution < 1.29 is 27.1 Å². The zero-order chi connectivity index (χ0) is 27.4. The summed E-state index contributed by atoms with van der Waals surface area (Å²) in [6.45, 7) is 0. The molecule has 2 bridgehead atoms. The van der Waals surface area contributed by atoms with Gasteiger partial charge in [0.2, 0.25) is 0 Å². The molecule has 1 heterocycles. The number of amides is 1. The number of nitrogens with one attached hydrogen (secondary N) is 2. The zero-order valence-electron chi connectivity index (χ0n) is 19.7. The molecule has 1 amide bonds. The summed E-state index contributed by atoms with van der Waals surface area (Å²) in [7, 11) is -4.09. The predicted molar refractivity (Wildman–Crippen MR) is 134 cm³/mol. The smallest absolute Gasteiger partial charge is 0.330 e. The average Bonchev–Trinajstić information content (AvgIpc) is 3.02. The summed E-state index contributed by atoms with van der Waals surface area (Å²) in [5.41, 5.74) is -3.12. The van der Waals surface area contributed by atoms with Gasteiger partial charge >= 0.3 is 5.69 Å². The van der Waals surface area contributed by atoms with Crippen molar-refractivity contribution in [2.45, 2.75) is 41.6 Å². The summed E-state index contributed by atoms with van der Waals surface area (Å²) in [6.07, 6.45) is 2.23. The van der Waals surface area contributed by atoms with Crippen LogP contribution in [0.2, 0.25) is 5.02 Å². The maximum atomic E-state index is 13.7. The van der Waals surface area contributed by atoms with Crippen molar-refractivity contribution in [1.82, 2.24) is 9.55 Å². The molecule has 13 heteroatoms. The Hall–Kier alpha value is -3.35. The number of H-pyrrole nitrogens is 1. The quantitative estimate of drug-likeness (QED) is 0.435. The summed E-state index contributed by atoms with van der Waals surface area (Å²) in [4.78, 5) is 38.5. The average molecular weight is 566 g/mol. The number of rotatable bonds is 5. The molecule has 0 aliphatic heterocycles. The van der Waals surface area contributed by atoms with Gasteiger partial charge in [0.25, 0.3) is 11.5 Å². The molecule has 200 valence electrons. The monoisotopic (exact) mass is 565 g/mol. The van der Waals surface area contributed by atoms with Crippen LogP contribution >= 0.6 is 11.6 Å². The molecule has 38 heavy (non-hydrogen) atoms. The first-order chi connectivity index (χ1) is 17.9. The predicted octanol–water partition coefficient (Wildman–Crippen LogP) is 3.03. The van der Waals surface area contributed by atoms with Crippen LogP contribution in [0.1, 0.15) is 36.0 Å². The van der Waals surface area contributed by atoms with Crippen LogP contribution in [0, 0.1) is 23.5 Å². The van der Waals surface area contributed by atoms with Gasteiger partial charge in [0.05, 0.1) is 15.2 Å². The minimum atomic E-state index is -4.09. The van der Waals surface area contributed by atoms with E-state index in [9.17, 15) is 36.7 Å². The minimum absolute atomic E-state index is 0.0195. The summed E-state index contributed by atoms with van der Waals surface area (Å²) < 4.78 is 55.2. The third-order valence-corrected chi connectivity index (χ3v) is 10.1. The molecule has 2 atom stereocenters. The van der Waals surface area contributed by atoms with E-state index in [1.807, 2.05) is 0 Å². The molecular formula is C25H22ClF2N3O6S. The normalized spacial score (nSPS) is 24.8. The van der Waals surface area contributed by atoms with Crippen molar-refractivity contribution in [3.63, 3.8) is 0 Å². The van der Waals surface area contributed by atoms with Gasteiger partial charge in [0.1, 0.15) is 0 Å². The van der Waals surface area contributed by atoms with Crippen molar-refractivity contribution in [3.05, 3.63) is 91.7 Å². The van der Waals surface area contributed by atoms with E-state index in [0.29, 0.717) is 12.8 Å². The van der Waals surface area contributed by atoms with E-state index < -0.39 is 61.4 Å². The first kappa shape index (κ1) is 26.3. The van der Waals surface area contributed by atoms with Gasteiger partial charge in [-0.05, 0) is 56.0 Å². The van der Waals surface area contributed by atoms with Gasteiger partial charge in [-0.25, -0.2) is 22.0 Å². The third-order valence-electron chi connectivity index (χ3n) is 7.49. The SMILES string of the molecule is O=C(Nc1ccc(F)c(F)c1)c1ccc(Cl)c(S(=O)(=O)C2CC3CCC(C2)C3(O)n2ccc(=O)[nH]c2=O)c1. The van der Waals surface area contributed by atoms with Gasteiger partial charge in [-0.3, -0.25) is 19.1 Å². The highest BCUT2D eigenvalue weighted by molar-refractivity contribution is 7.92. The molecule has 0 saturated heterocycles. The molecule has 1 aromatic heterocycles. The number of nitrogens with zero attached hydrogens (tertiary/aromatic N) is 1. The van der Waals surface area contributed by atoms with Gasteiger partial charge in [0, 0.05) is 41.4 Å². The molecule has 2 unspecified atom stereocenters. The maximum Gasteiger partial charge on any atom is 0.330 e. The molecule has 2 aliphatic carbocycles. The minimum Gasteiger partial charge on any atom is -0.370 e. The molecule has 9 nitrogen and oxygen atoms in total. The number of benzene rings is 2. The van der Waals surface area contributed by atoms with Crippen molar-refractivity contribution >= 4 is 33.0 Å². The van der Waals surface area contributed by atoms with Crippen LogP contribution in [0.5, 0.6) is 0 Å². The van der Waals surface area contributed by atoms with E-state index in [0.717, 1.165) is 34.9 Å². The second-order valence-corrected chi connectivity index (χ2v) is 12.2. The van der Waals surface area contributed by atoms with Crippen molar-refractivity contribution in [3.8, 4) is 0 Å². The summed E-state index contributed by atoms with van der Waals surface area (Å²) >= 11 is 6.25. The Balaban J connectivity index is 1.42. The highest BCUT2D eigenvalue weighted by atomic mass is 35.5. The Bertz CT molecular complexity index is 1660. The number of aliphatic hydroxyl groups is 1. The fourth-order valence-corrected chi connectivity index (χ4v) is 8.04. The fourth-order valence-electron chi connectivity index (χ4n) is 5.64.